The standard InChI is InChI=1S/C10H20.C2H3N.2CO.CH3.W/c1-6-7(2)9(4)10(5)8(6)3;1-2-3;2*1-2;;/h6-10H,1-5H3;1H3;;;1H3;/q;;;;-1;+2. The van der Waals surface area contributed by atoms with Crippen LogP contribution >= 0.6 is 0 Å². The molecule has 1 aliphatic carbocycles. The molecule has 1 rings (SSSR count). The van der Waals surface area contributed by atoms with Crippen LogP contribution in [0.15, 0.2) is 0 Å². The van der Waals surface area contributed by atoms with E-state index in [2.05, 4.69) is 47.9 Å². The Morgan fingerprint density at radius 2 is 0.789 bits per heavy atom. The van der Waals surface area contributed by atoms with E-state index in [0.717, 1.165) is 29.6 Å². The van der Waals surface area contributed by atoms with Gasteiger partial charge in [-0.05, 0) is 29.6 Å². The summed E-state index contributed by atoms with van der Waals surface area (Å²) in [5, 5.41) is 7.32. The fourth-order valence-electron chi connectivity index (χ4n) is 2.39. The van der Waals surface area contributed by atoms with Crippen LogP contribution in [0.5, 0.6) is 0 Å². The Morgan fingerprint density at radius 3 is 0.842 bits per heavy atom. The predicted molar refractivity (Wildman–Crippen MR) is 71.4 cm³/mol. The van der Waals surface area contributed by atoms with Crippen LogP contribution in [0.3, 0.4) is 0 Å². The van der Waals surface area contributed by atoms with Gasteiger partial charge in [-0.25, -0.2) is 0 Å². The second-order valence-electron chi connectivity index (χ2n) is 4.52. The molecule has 0 unspecified atom stereocenters. The van der Waals surface area contributed by atoms with Gasteiger partial charge in [0.1, 0.15) is 0 Å². The minimum absolute atomic E-state index is 0. The zero-order chi connectivity index (χ0) is 14.6. The van der Waals surface area contributed by atoms with E-state index in [4.69, 9.17) is 14.6 Å². The molecule has 0 saturated heterocycles. The topological polar surface area (TPSA) is 63.6 Å². The first-order valence-electron chi connectivity index (χ1n) is 5.69. The van der Waals surface area contributed by atoms with Gasteiger partial charge in [-0.15, -0.1) is 0 Å². The van der Waals surface area contributed by atoms with E-state index in [9.17, 15) is 0 Å². The Bertz CT molecular complexity index is 207. The SMILES string of the molecule is CC#N.CC1C(C)C(C)C(C)C1C.[C-]#[O+].[C-]#[O+].[CH3-].[W+2]. The summed E-state index contributed by atoms with van der Waals surface area (Å²) in [6, 6.07) is 1.75. The average molecular weight is 436 g/mol. The fourth-order valence-corrected chi connectivity index (χ4v) is 2.39. The molecule has 0 amide bonds. The number of rotatable bonds is 0. The molecule has 0 aliphatic heterocycles. The maximum atomic E-state index is 7.50. The van der Waals surface area contributed by atoms with Crippen LogP contribution in [0.25, 0.3) is 0 Å². The van der Waals surface area contributed by atoms with Crippen LogP contribution in [0.4, 0.5) is 0 Å². The van der Waals surface area contributed by atoms with Crippen molar-refractivity contribution in [1.29, 1.82) is 5.26 Å². The molecule has 1 fully saturated rings. The Balaban J connectivity index is -0.0000000632. The van der Waals surface area contributed by atoms with Gasteiger partial charge in [0, 0.05) is 6.92 Å². The monoisotopic (exact) mass is 436 g/mol. The molecule has 19 heavy (non-hydrogen) atoms. The van der Waals surface area contributed by atoms with Gasteiger partial charge in [0.15, 0.2) is 0 Å². The Hall–Kier alpha value is -0.342. The van der Waals surface area contributed by atoms with Crippen molar-refractivity contribution in [2.75, 3.05) is 0 Å². The molecule has 0 atom stereocenters. The first-order chi connectivity index (χ1) is 7.97. The third-order valence-electron chi connectivity index (χ3n) is 4.15. The van der Waals surface area contributed by atoms with E-state index in [1.807, 2.05) is 0 Å². The van der Waals surface area contributed by atoms with E-state index in [1.54, 1.807) is 6.07 Å². The average Bonchev–Trinajstić information content (AvgIpc) is 2.54. The molecule has 3 nitrogen and oxygen atoms in total. The second kappa shape index (κ2) is 20.0. The first-order valence-corrected chi connectivity index (χ1v) is 5.69. The Kier molecular flexibility index (Phi) is 32.8. The molecule has 1 aliphatic rings. The molecular formula is C15H26NO2W+. The van der Waals surface area contributed by atoms with Gasteiger partial charge in [0.25, 0.3) is 0 Å². The van der Waals surface area contributed by atoms with Gasteiger partial charge in [-0.3, -0.25) is 0 Å². The van der Waals surface area contributed by atoms with E-state index in [-0.39, 0.29) is 28.5 Å². The first kappa shape index (κ1) is 31.2. The van der Waals surface area contributed by atoms with Crippen LogP contribution < -0.4 is 0 Å². The van der Waals surface area contributed by atoms with Crippen LogP contribution in [-0.4, -0.2) is 0 Å². The van der Waals surface area contributed by atoms with Gasteiger partial charge in [-0.2, -0.15) is 5.26 Å². The maximum absolute atomic E-state index is 7.50. The Labute approximate surface area is 133 Å². The normalized spacial score (nSPS) is 29.8. The minimum atomic E-state index is 0. The summed E-state index contributed by atoms with van der Waals surface area (Å²) in [6.07, 6.45) is 0. The number of nitrogens with zero attached hydrogens (tertiary/aromatic N) is 1. The van der Waals surface area contributed by atoms with Crippen LogP contribution in [0, 0.1) is 61.6 Å². The van der Waals surface area contributed by atoms with E-state index >= 15 is 0 Å². The molecule has 0 radical (unpaired) electrons. The smallest absolute Gasteiger partial charge is 0.358 e. The van der Waals surface area contributed by atoms with Gasteiger partial charge < -0.3 is 7.43 Å². The molecule has 0 N–H and O–H groups in total. The molecule has 0 aromatic rings. The Morgan fingerprint density at radius 1 is 0.737 bits per heavy atom. The quantitative estimate of drug-likeness (QED) is 0.417. The fraction of sp³-hybridized carbons (Fsp3) is 0.733. The molecule has 0 spiro atoms. The zero-order valence-electron chi connectivity index (χ0n) is 13.1. The van der Waals surface area contributed by atoms with Crippen molar-refractivity contribution in [3.63, 3.8) is 0 Å². The van der Waals surface area contributed by atoms with E-state index in [1.165, 1.54) is 6.92 Å². The summed E-state index contributed by atoms with van der Waals surface area (Å²) in [4.78, 5) is 0. The molecule has 0 aromatic heterocycles. The van der Waals surface area contributed by atoms with Crippen molar-refractivity contribution in [2.45, 2.75) is 41.5 Å². The second-order valence-corrected chi connectivity index (χ2v) is 4.52. The maximum Gasteiger partial charge on any atom is 2.00 e. The van der Waals surface area contributed by atoms with Crippen molar-refractivity contribution in [2.24, 2.45) is 29.6 Å². The van der Waals surface area contributed by atoms with Gasteiger partial charge in [0.2, 0.25) is 0 Å². The summed E-state index contributed by atoms with van der Waals surface area (Å²) in [6.45, 7) is 22.4. The molecule has 0 aromatic carbocycles. The number of hydrogen-bond acceptors (Lipinski definition) is 1. The van der Waals surface area contributed by atoms with E-state index in [0.29, 0.717) is 0 Å². The summed E-state index contributed by atoms with van der Waals surface area (Å²) in [5.41, 5.74) is 0. The van der Waals surface area contributed by atoms with Crippen molar-refractivity contribution in [1.82, 2.24) is 0 Å². The molecule has 4 heteroatoms. The molecule has 0 heterocycles. The number of hydrogen-bond donors (Lipinski definition) is 0. The largest absolute Gasteiger partial charge is 2.00 e. The zero-order valence-corrected chi connectivity index (χ0v) is 16.0. The summed E-state index contributed by atoms with van der Waals surface area (Å²) < 4.78 is 15.0. The van der Waals surface area contributed by atoms with Crippen molar-refractivity contribution in [3.05, 3.63) is 20.7 Å². The van der Waals surface area contributed by atoms with Crippen molar-refractivity contribution >= 4 is 0 Å². The summed E-state index contributed by atoms with van der Waals surface area (Å²) in [5.74, 6) is 4.68. The number of nitriles is 1. The molecule has 108 valence electrons. The third kappa shape index (κ3) is 11.2. The van der Waals surface area contributed by atoms with Crippen LogP contribution in [-0.2, 0) is 30.4 Å². The third-order valence-corrected chi connectivity index (χ3v) is 4.15. The summed E-state index contributed by atoms with van der Waals surface area (Å²) in [7, 11) is 0. The van der Waals surface area contributed by atoms with Crippen molar-refractivity contribution in [3.8, 4) is 6.07 Å². The van der Waals surface area contributed by atoms with Gasteiger partial charge in [0.05, 0.1) is 6.07 Å². The van der Waals surface area contributed by atoms with Crippen LogP contribution in [0.1, 0.15) is 41.5 Å². The van der Waals surface area contributed by atoms with Gasteiger partial charge in [-0.1, -0.05) is 34.6 Å². The molecule has 1 saturated carbocycles. The van der Waals surface area contributed by atoms with Crippen molar-refractivity contribution < 1.29 is 30.4 Å². The van der Waals surface area contributed by atoms with Gasteiger partial charge >= 0.3 is 43.7 Å². The molecular weight excluding hydrogens is 410 g/mol. The summed E-state index contributed by atoms with van der Waals surface area (Å²) >= 11 is 0. The molecule has 0 bridgehead atoms. The van der Waals surface area contributed by atoms with E-state index < -0.39 is 0 Å². The minimum Gasteiger partial charge on any atom is -0.358 e. The van der Waals surface area contributed by atoms with Crippen LogP contribution in [0.2, 0.25) is 0 Å². The predicted octanol–water partition coefficient (Wildman–Crippen LogP) is 4.08.